The smallest absolute Gasteiger partial charge is 0.170 e. The number of benzene rings is 1. The Morgan fingerprint density at radius 2 is 1.87 bits per heavy atom. The summed E-state index contributed by atoms with van der Waals surface area (Å²) in [5.74, 6) is 0.911. The van der Waals surface area contributed by atoms with Gasteiger partial charge in [0.25, 0.3) is 0 Å². The number of para-hydroxylation sites is 1. The van der Waals surface area contributed by atoms with Crippen molar-refractivity contribution in [1.82, 2.24) is 0 Å². The molecular formula is C19H24O4. The second kappa shape index (κ2) is 9.26. The zero-order valence-corrected chi connectivity index (χ0v) is 13.4. The van der Waals surface area contributed by atoms with E-state index in [2.05, 4.69) is 0 Å². The van der Waals surface area contributed by atoms with Crippen LogP contribution in [0.4, 0.5) is 0 Å². The van der Waals surface area contributed by atoms with Crippen molar-refractivity contribution in [2.24, 2.45) is 0 Å². The van der Waals surface area contributed by atoms with E-state index in [1.54, 1.807) is 6.08 Å². The molecule has 0 saturated heterocycles. The number of ketones is 2. The van der Waals surface area contributed by atoms with E-state index >= 15 is 0 Å². The molecule has 1 atom stereocenters. The van der Waals surface area contributed by atoms with Crippen molar-refractivity contribution in [1.29, 1.82) is 0 Å². The van der Waals surface area contributed by atoms with E-state index in [-0.39, 0.29) is 24.6 Å². The van der Waals surface area contributed by atoms with Gasteiger partial charge < -0.3 is 9.84 Å². The van der Waals surface area contributed by atoms with Crippen molar-refractivity contribution in [2.75, 3.05) is 6.61 Å². The summed E-state index contributed by atoms with van der Waals surface area (Å²) in [7, 11) is 0. The van der Waals surface area contributed by atoms with Crippen molar-refractivity contribution in [3.8, 4) is 5.75 Å². The van der Waals surface area contributed by atoms with E-state index in [0.717, 1.165) is 43.4 Å². The largest absolute Gasteiger partial charge is 0.486 e. The van der Waals surface area contributed by atoms with Crippen molar-refractivity contribution in [3.63, 3.8) is 0 Å². The first-order valence-corrected chi connectivity index (χ1v) is 8.26. The topological polar surface area (TPSA) is 63.6 Å². The lowest BCUT2D eigenvalue weighted by Gasteiger charge is -2.05. The van der Waals surface area contributed by atoms with Gasteiger partial charge in [0.15, 0.2) is 11.6 Å². The molecule has 1 aromatic carbocycles. The second-order valence-electron chi connectivity index (χ2n) is 5.94. The molecule has 1 unspecified atom stereocenters. The molecule has 1 aliphatic rings. The zero-order valence-electron chi connectivity index (χ0n) is 13.4. The fraction of sp³-hybridized carbons (Fsp3) is 0.474. The van der Waals surface area contributed by atoms with Gasteiger partial charge in [-0.25, -0.2) is 0 Å². The van der Waals surface area contributed by atoms with Crippen molar-refractivity contribution in [2.45, 2.75) is 51.0 Å². The van der Waals surface area contributed by atoms with Gasteiger partial charge in [0.2, 0.25) is 0 Å². The number of carbonyl (C=O) groups excluding carboxylic acids is 2. The highest BCUT2D eigenvalue weighted by molar-refractivity contribution is 5.98. The Kier molecular flexibility index (Phi) is 7.01. The summed E-state index contributed by atoms with van der Waals surface area (Å²) < 4.78 is 5.42. The molecule has 4 nitrogen and oxygen atoms in total. The Morgan fingerprint density at radius 1 is 1.13 bits per heavy atom. The standard InChI is InChI=1S/C19H24O4/c20-16(14-23-18-10-6-3-7-11-18)9-5-2-1-4-8-15-12-17(21)13-19(15)22/h3,6-7,10-12,17,21H,1-2,4-5,8-9,13-14H2. The average molecular weight is 316 g/mol. The Bertz CT molecular complexity index is 548. The molecule has 4 heteroatoms. The molecule has 2 rings (SSSR count). The maximum atomic E-state index is 11.7. The van der Waals surface area contributed by atoms with Crippen molar-refractivity contribution < 1.29 is 19.4 Å². The van der Waals surface area contributed by atoms with Crippen LogP contribution in [0.3, 0.4) is 0 Å². The van der Waals surface area contributed by atoms with Gasteiger partial charge in [-0.1, -0.05) is 31.0 Å². The van der Waals surface area contributed by atoms with Crippen LogP contribution in [0, 0.1) is 0 Å². The fourth-order valence-electron chi connectivity index (χ4n) is 2.67. The second-order valence-corrected chi connectivity index (χ2v) is 5.94. The van der Waals surface area contributed by atoms with Crippen LogP contribution in [0.5, 0.6) is 5.75 Å². The van der Waals surface area contributed by atoms with Gasteiger partial charge in [-0.15, -0.1) is 0 Å². The van der Waals surface area contributed by atoms with Gasteiger partial charge in [-0.2, -0.15) is 0 Å². The van der Waals surface area contributed by atoms with Gasteiger partial charge in [-0.05, 0) is 43.0 Å². The van der Waals surface area contributed by atoms with Gasteiger partial charge in [0.1, 0.15) is 12.4 Å². The van der Waals surface area contributed by atoms with Crippen LogP contribution in [0.1, 0.15) is 44.9 Å². The summed E-state index contributed by atoms with van der Waals surface area (Å²) in [4.78, 5) is 23.2. The molecule has 0 aromatic heterocycles. The first-order valence-electron chi connectivity index (χ1n) is 8.26. The number of rotatable bonds is 10. The summed E-state index contributed by atoms with van der Waals surface area (Å²) in [5, 5.41) is 9.36. The van der Waals surface area contributed by atoms with E-state index in [1.807, 2.05) is 30.3 Å². The van der Waals surface area contributed by atoms with Gasteiger partial charge in [-0.3, -0.25) is 9.59 Å². The molecule has 0 fully saturated rings. The minimum Gasteiger partial charge on any atom is -0.486 e. The molecule has 1 N–H and O–H groups in total. The van der Waals surface area contributed by atoms with Crippen LogP contribution < -0.4 is 4.74 Å². The number of ether oxygens (including phenoxy) is 1. The zero-order chi connectivity index (χ0) is 16.5. The minimum atomic E-state index is -0.584. The number of hydrogen-bond acceptors (Lipinski definition) is 4. The van der Waals surface area contributed by atoms with Crippen LogP contribution in [0.2, 0.25) is 0 Å². The van der Waals surface area contributed by atoms with Crippen LogP contribution in [-0.2, 0) is 9.59 Å². The molecular weight excluding hydrogens is 292 g/mol. The number of aliphatic hydroxyl groups excluding tert-OH is 1. The molecule has 1 aliphatic carbocycles. The van der Waals surface area contributed by atoms with E-state index in [4.69, 9.17) is 4.74 Å². The molecule has 0 spiro atoms. The van der Waals surface area contributed by atoms with Crippen LogP contribution in [0.15, 0.2) is 42.0 Å². The van der Waals surface area contributed by atoms with E-state index < -0.39 is 6.10 Å². The number of unbranched alkanes of at least 4 members (excludes halogenated alkanes) is 3. The molecule has 124 valence electrons. The van der Waals surface area contributed by atoms with Gasteiger partial charge in [0.05, 0.1) is 6.10 Å². The lowest BCUT2D eigenvalue weighted by Crippen LogP contribution is -2.10. The Balaban J connectivity index is 1.49. The summed E-state index contributed by atoms with van der Waals surface area (Å²) in [6, 6.07) is 9.34. The first kappa shape index (κ1) is 17.4. The Hall–Kier alpha value is -1.94. The van der Waals surface area contributed by atoms with Crippen molar-refractivity contribution in [3.05, 3.63) is 42.0 Å². The first-order chi connectivity index (χ1) is 11.1. The number of carbonyl (C=O) groups is 2. The molecule has 0 saturated carbocycles. The van der Waals surface area contributed by atoms with E-state index in [0.29, 0.717) is 6.42 Å². The number of allylic oxidation sites excluding steroid dienone is 1. The molecule has 0 bridgehead atoms. The molecule has 0 amide bonds. The highest BCUT2D eigenvalue weighted by atomic mass is 16.5. The minimum absolute atomic E-state index is 0.0748. The monoisotopic (exact) mass is 316 g/mol. The lowest BCUT2D eigenvalue weighted by molar-refractivity contribution is -0.121. The maximum absolute atomic E-state index is 11.7. The third kappa shape index (κ3) is 6.37. The average Bonchev–Trinajstić information content (AvgIpc) is 2.87. The lowest BCUT2D eigenvalue weighted by atomic mass is 10.0. The maximum Gasteiger partial charge on any atom is 0.170 e. The summed E-state index contributed by atoms with van der Waals surface area (Å²) >= 11 is 0. The molecule has 0 heterocycles. The number of hydrogen-bond donors (Lipinski definition) is 1. The highest BCUT2D eigenvalue weighted by Gasteiger charge is 2.21. The molecule has 23 heavy (non-hydrogen) atoms. The predicted molar refractivity (Wildman–Crippen MR) is 88.4 cm³/mol. The van der Waals surface area contributed by atoms with E-state index in [9.17, 15) is 14.7 Å². The molecule has 1 aromatic rings. The molecule has 0 radical (unpaired) electrons. The predicted octanol–water partition coefficient (Wildman–Crippen LogP) is 3.24. The summed E-state index contributed by atoms with van der Waals surface area (Å²) in [6.07, 6.45) is 6.35. The number of Topliss-reactive ketones (excluding diaryl/α,β-unsaturated/α-hetero) is 2. The summed E-state index contributed by atoms with van der Waals surface area (Å²) in [5.41, 5.74) is 0.768. The number of aliphatic hydroxyl groups is 1. The third-order valence-electron chi connectivity index (χ3n) is 3.94. The van der Waals surface area contributed by atoms with Crippen LogP contribution >= 0.6 is 0 Å². The quantitative estimate of drug-likeness (QED) is 0.673. The Morgan fingerprint density at radius 3 is 2.57 bits per heavy atom. The van der Waals surface area contributed by atoms with Crippen LogP contribution in [-0.4, -0.2) is 29.4 Å². The molecule has 0 aliphatic heterocycles. The SMILES string of the molecule is O=C(CCCCCCC1=CC(O)CC1=O)COc1ccccc1. The summed E-state index contributed by atoms with van der Waals surface area (Å²) in [6.45, 7) is 0.128. The van der Waals surface area contributed by atoms with E-state index in [1.165, 1.54) is 0 Å². The normalized spacial score (nSPS) is 17.2. The Labute approximate surface area is 137 Å². The fourth-order valence-corrected chi connectivity index (χ4v) is 2.67. The van der Waals surface area contributed by atoms with Crippen molar-refractivity contribution >= 4 is 11.6 Å². The van der Waals surface area contributed by atoms with Crippen LogP contribution in [0.25, 0.3) is 0 Å². The van der Waals surface area contributed by atoms with Gasteiger partial charge in [0, 0.05) is 12.8 Å². The van der Waals surface area contributed by atoms with Gasteiger partial charge >= 0.3 is 0 Å². The third-order valence-corrected chi connectivity index (χ3v) is 3.94. The highest BCUT2D eigenvalue weighted by Crippen LogP contribution is 2.20.